The van der Waals surface area contributed by atoms with Crippen LogP contribution in [0.5, 0.6) is 0 Å². The molecule has 2 rings (SSSR count). The lowest BCUT2D eigenvalue weighted by Gasteiger charge is -2.20. The fraction of sp³-hybridized carbons (Fsp3) is 0.412. The summed E-state index contributed by atoms with van der Waals surface area (Å²) in [6, 6.07) is 10.4. The Kier molecular flexibility index (Phi) is 4.19. The summed E-state index contributed by atoms with van der Waals surface area (Å²) < 4.78 is 0. The first kappa shape index (κ1) is 14.7. The van der Waals surface area contributed by atoms with Crippen molar-refractivity contribution in [1.29, 1.82) is 0 Å². The van der Waals surface area contributed by atoms with Gasteiger partial charge < -0.3 is 5.32 Å². The van der Waals surface area contributed by atoms with E-state index in [1.165, 1.54) is 5.56 Å². The van der Waals surface area contributed by atoms with Gasteiger partial charge in [0, 0.05) is 23.3 Å². The van der Waals surface area contributed by atoms with Crippen molar-refractivity contribution in [3.05, 3.63) is 47.3 Å². The zero-order valence-corrected chi connectivity index (χ0v) is 13.0. The number of nitrogens with zero attached hydrogens (tertiary/aromatic N) is 2. The molecular formula is C17H23N3. The summed E-state index contributed by atoms with van der Waals surface area (Å²) in [6.45, 7) is 11.3. The standard InChI is InChI=1S/C17H23N3/c1-12-6-8-14(9-7-12)16-19-13(2)10-15(20-16)11-18-17(3,4)5/h6-10,18H,11H2,1-5H3. The Balaban J connectivity index is 2.26. The highest BCUT2D eigenvalue weighted by atomic mass is 15.0. The van der Waals surface area contributed by atoms with Crippen molar-refractivity contribution < 1.29 is 0 Å². The second-order valence-electron chi connectivity index (χ2n) is 6.29. The zero-order chi connectivity index (χ0) is 14.8. The Morgan fingerprint density at radius 2 is 1.65 bits per heavy atom. The first-order valence-electron chi connectivity index (χ1n) is 7.00. The van der Waals surface area contributed by atoms with Gasteiger partial charge in [0.15, 0.2) is 5.82 Å². The fourth-order valence-electron chi connectivity index (χ4n) is 1.91. The maximum absolute atomic E-state index is 4.66. The smallest absolute Gasteiger partial charge is 0.159 e. The summed E-state index contributed by atoms with van der Waals surface area (Å²) in [5.74, 6) is 0.802. The number of hydrogen-bond donors (Lipinski definition) is 1. The van der Waals surface area contributed by atoms with Gasteiger partial charge in [-0.3, -0.25) is 0 Å². The lowest BCUT2D eigenvalue weighted by atomic mass is 10.1. The molecule has 2 aromatic rings. The summed E-state index contributed by atoms with van der Waals surface area (Å²) in [5.41, 5.74) is 4.43. The summed E-state index contributed by atoms with van der Waals surface area (Å²) >= 11 is 0. The van der Waals surface area contributed by atoms with E-state index in [4.69, 9.17) is 0 Å². The van der Waals surface area contributed by atoms with Crippen molar-refractivity contribution >= 4 is 0 Å². The predicted molar refractivity (Wildman–Crippen MR) is 83.5 cm³/mol. The monoisotopic (exact) mass is 269 g/mol. The molecule has 1 aromatic carbocycles. The molecule has 106 valence electrons. The van der Waals surface area contributed by atoms with Gasteiger partial charge in [-0.15, -0.1) is 0 Å². The molecule has 0 atom stereocenters. The molecule has 0 aliphatic heterocycles. The van der Waals surface area contributed by atoms with E-state index >= 15 is 0 Å². The minimum atomic E-state index is 0.0862. The summed E-state index contributed by atoms with van der Waals surface area (Å²) in [5, 5.41) is 3.46. The molecule has 0 bridgehead atoms. The Hall–Kier alpha value is -1.74. The molecule has 0 radical (unpaired) electrons. The van der Waals surface area contributed by atoms with Gasteiger partial charge in [0.2, 0.25) is 0 Å². The van der Waals surface area contributed by atoms with Crippen molar-refractivity contribution in [3.8, 4) is 11.4 Å². The van der Waals surface area contributed by atoms with Crippen LogP contribution in [0.2, 0.25) is 0 Å². The molecule has 0 unspecified atom stereocenters. The summed E-state index contributed by atoms with van der Waals surface area (Å²) in [7, 11) is 0. The molecule has 20 heavy (non-hydrogen) atoms. The Morgan fingerprint density at radius 1 is 1.00 bits per heavy atom. The molecule has 0 spiro atoms. The lowest BCUT2D eigenvalue weighted by Crippen LogP contribution is -2.35. The van der Waals surface area contributed by atoms with Gasteiger partial charge in [-0.25, -0.2) is 9.97 Å². The first-order valence-corrected chi connectivity index (χ1v) is 7.00. The molecule has 0 amide bonds. The van der Waals surface area contributed by atoms with Crippen LogP contribution in [0.3, 0.4) is 0 Å². The molecule has 0 saturated carbocycles. The Labute approximate surface area is 121 Å². The van der Waals surface area contributed by atoms with Gasteiger partial charge in [-0.05, 0) is 40.7 Å². The van der Waals surface area contributed by atoms with E-state index in [-0.39, 0.29) is 5.54 Å². The molecule has 3 heteroatoms. The molecule has 0 fully saturated rings. The average Bonchev–Trinajstić information content (AvgIpc) is 2.36. The number of benzene rings is 1. The first-order chi connectivity index (χ1) is 9.33. The van der Waals surface area contributed by atoms with Crippen LogP contribution in [0.4, 0.5) is 0 Å². The minimum Gasteiger partial charge on any atom is -0.306 e. The van der Waals surface area contributed by atoms with Gasteiger partial charge in [0.1, 0.15) is 0 Å². The molecule has 3 nitrogen and oxygen atoms in total. The highest BCUT2D eigenvalue weighted by Crippen LogP contribution is 2.17. The van der Waals surface area contributed by atoms with Gasteiger partial charge in [-0.1, -0.05) is 29.8 Å². The quantitative estimate of drug-likeness (QED) is 0.924. The Morgan fingerprint density at radius 3 is 2.25 bits per heavy atom. The third-order valence-electron chi connectivity index (χ3n) is 3.02. The molecule has 0 aliphatic rings. The largest absolute Gasteiger partial charge is 0.306 e. The molecule has 1 N–H and O–H groups in total. The predicted octanol–water partition coefficient (Wildman–Crippen LogP) is 3.65. The summed E-state index contributed by atoms with van der Waals surface area (Å²) in [6.07, 6.45) is 0. The molecule has 1 heterocycles. The maximum atomic E-state index is 4.66. The van der Waals surface area contributed by atoms with Crippen LogP contribution in [0.25, 0.3) is 11.4 Å². The number of rotatable bonds is 3. The van der Waals surface area contributed by atoms with Crippen molar-refractivity contribution in [2.24, 2.45) is 0 Å². The maximum Gasteiger partial charge on any atom is 0.159 e. The normalized spacial score (nSPS) is 11.7. The molecule has 0 saturated heterocycles. The van der Waals surface area contributed by atoms with Crippen molar-refractivity contribution in [1.82, 2.24) is 15.3 Å². The SMILES string of the molecule is Cc1ccc(-c2nc(C)cc(CNC(C)(C)C)n2)cc1. The third-order valence-corrected chi connectivity index (χ3v) is 3.02. The number of aryl methyl sites for hydroxylation is 2. The van der Waals surface area contributed by atoms with Gasteiger partial charge in [0.05, 0.1) is 5.69 Å². The average molecular weight is 269 g/mol. The van der Waals surface area contributed by atoms with Crippen LogP contribution in [0.1, 0.15) is 37.7 Å². The molecular weight excluding hydrogens is 246 g/mol. The Bertz CT molecular complexity index is 580. The van der Waals surface area contributed by atoms with Gasteiger partial charge in [-0.2, -0.15) is 0 Å². The van der Waals surface area contributed by atoms with Crippen LogP contribution in [-0.4, -0.2) is 15.5 Å². The van der Waals surface area contributed by atoms with E-state index in [0.29, 0.717) is 0 Å². The van der Waals surface area contributed by atoms with E-state index in [9.17, 15) is 0 Å². The lowest BCUT2D eigenvalue weighted by molar-refractivity contribution is 0.421. The molecule has 0 aliphatic carbocycles. The van der Waals surface area contributed by atoms with E-state index < -0.39 is 0 Å². The van der Waals surface area contributed by atoms with Crippen molar-refractivity contribution in [2.45, 2.75) is 46.7 Å². The van der Waals surface area contributed by atoms with Crippen LogP contribution >= 0.6 is 0 Å². The second-order valence-corrected chi connectivity index (χ2v) is 6.29. The highest BCUT2D eigenvalue weighted by Gasteiger charge is 2.10. The van der Waals surface area contributed by atoms with Gasteiger partial charge >= 0.3 is 0 Å². The van der Waals surface area contributed by atoms with Crippen LogP contribution in [-0.2, 0) is 6.54 Å². The third kappa shape index (κ3) is 4.14. The number of aromatic nitrogens is 2. The minimum absolute atomic E-state index is 0.0862. The van der Waals surface area contributed by atoms with Crippen LogP contribution < -0.4 is 5.32 Å². The van der Waals surface area contributed by atoms with E-state index in [0.717, 1.165) is 29.3 Å². The number of nitrogens with one attached hydrogen (secondary N) is 1. The topological polar surface area (TPSA) is 37.8 Å². The van der Waals surface area contributed by atoms with Crippen molar-refractivity contribution in [3.63, 3.8) is 0 Å². The van der Waals surface area contributed by atoms with E-state index in [1.54, 1.807) is 0 Å². The molecule has 1 aromatic heterocycles. The highest BCUT2D eigenvalue weighted by molar-refractivity contribution is 5.55. The second kappa shape index (κ2) is 5.71. The van der Waals surface area contributed by atoms with E-state index in [2.05, 4.69) is 67.2 Å². The van der Waals surface area contributed by atoms with E-state index in [1.807, 2.05) is 13.0 Å². The number of hydrogen-bond acceptors (Lipinski definition) is 3. The van der Waals surface area contributed by atoms with Crippen LogP contribution in [0, 0.1) is 13.8 Å². The summed E-state index contributed by atoms with van der Waals surface area (Å²) in [4.78, 5) is 9.20. The van der Waals surface area contributed by atoms with Gasteiger partial charge in [0.25, 0.3) is 0 Å². The fourth-order valence-corrected chi connectivity index (χ4v) is 1.91. The van der Waals surface area contributed by atoms with Crippen LogP contribution in [0.15, 0.2) is 30.3 Å². The zero-order valence-electron chi connectivity index (χ0n) is 13.0. The van der Waals surface area contributed by atoms with Crippen molar-refractivity contribution in [2.75, 3.05) is 0 Å².